The predicted molar refractivity (Wildman–Crippen MR) is 72.0 cm³/mol. The maximum absolute atomic E-state index is 12.2. The van der Waals surface area contributed by atoms with E-state index in [-0.39, 0.29) is 37.1 Å². The number of nitrogens with zero attached hydrogens (tertiary/aromatic N) is 2. The van der Waals surface area contributed by atoms with E-state index in [2.05, 4.69) is 0 Å². The number of amides is 2. The van der Waals surface area contributed by atoms with Gasteiger partial charge in [0.15, 0.2) is 0 Å². The van der Waals surface area contributed by atoms with Crippen LogP contribution in [0.3, 0.4) is 0 Å². The minimum atomic E-state index is -0.917. The van der Waals surface area contributed by atoms with Gasteiger partial charge in [-0.15, -0.1) is 0 Å². The van der Waals surface area contributed by atoms with Gasteiger partial charge in [0.05, 0.1) is 12.3 Å². The molecule has 1 saturated carbocycles. The topological polar surface area (TPSA) is 77.9 Å². The molecule has 6 nitrogen and oxygen atoms in total. The third kappa shape index (κ3) is 3.29. The van der Waals surface area contributed by atoms with E-state index < -0.39 is 5.97 Å². The molecule has 0 aromatic rings. The number of carbonyl (C=O) groups is 3. The van der Waals surface area contributed by atoms with E-state index >= 15 is 0 Å². The first kappa shape index (κ1) is 14.8. The summed E-state index contributed by atoms with van der Waals surface area (Å²) in [5.74, 6) is -1.26. The van der Waals surface area contributed by atoms with E-state index in [1.165, 1.54) is 4.90 Å². The van der Waals surface area contributed by atoms with Crippen molar-refractivity contribution in [3.63, 3.8) is 0 Å². The second-order valence-corrected chi connectivity index (χ2v) is 5.79. The lowest BCUT2D eigenvalue weighted by molar-refractivity contribution is -0.139. The average Bonchev–Trinajstić information content (AvgIpc) is 3.03. The first-order valence-electron chi connectivity index (χ1n) is 7.25. The summed E-state index contributed by atoms with van der Waals surface area (Å²) >= 11 is 0. The summed E-state index contributed by atoms with van der Waals surface area (Å²) < 4.78 is 0. The predicted octanol–water partition coefficient (Wildman–Crippen LogP) is 0.711. The Balaban J connectivity index is 1.88. The summed E-state index contributed by atoms with van der Waals surface area (Å²) in [6, 6.07) is 0.310. The molecular weight excluding hydrogens is 260 g/mol. The smallest absolute Gasteiger partial charge is 0.305 e. The second-order valence-electron chi connectivity index (χ2n) is 5.79. The highest BCUT2D eigenvalue weighted by atomic mass is 16.4. The molecule has 0 aromatic carbocycles. The van der Waals surface area contributed by atoms with Gasteiger partial charge in [0.1, 0.15) is 0 Å². The van der Waals surface area contributed by atoms with E-state index in [9.17, 15) is 14.4 Å². The number of rotatable bonds is 5. The Labute approximate surface area is 118 Å². The van der Waals surface area contributed by atoms with E-state index in [4.69, 9.17) is 5.11 Å². The van der Waals surface area contributed by atoms with Gasteiger partial charge in [-0.25, -0.2) is 0 Å². The lowest BCUT2D eigenvalue weighted by atomic mass is 10.1. The first-order valence-corrected chi connectivity index (χ1v) is 7.25. The normalized spacial score (nSPS) is 23.4. The van der Waals surface area contributed by atoms with E-state index in [0.717, 1.165) is 25.7 Å². The zero-order chi connectivity index (χ0) is 14.7. The van der Waals surface area contributed by atoms with E-state index in [1.54, 1.807) is 7.05 Å². The summed E-state index contributed by atoms with van der Waals surface area (Å²) in [7, 11) is 1.61. The fourth-order valence-corrected chi connectivity index (χ4v) is 3.15. The van der Waals surface area contributed by atoms with Crippen LogP contribution in [0.15, 0.2) is 0 Å². The fourth-order valence-electron chi connectivity index (χ4n) is 3.15. The molecule has 1 aliphatic heterocycles. The molecule has 1 atom stereocenters. The Bertz CT molecular complexity index is 404. The molecule has 2 amide bonds. The molecule has 2 fully saturated rings. The number of hydrogen-bond donors (Lipinski definition) is 1. The molecular formula is C14H22N2O4. The van der Waals surface area contributed by atoms with E-state index in [0.29, 0.717) is 12.6 Å². The molecule has 20 heavy (non-hydrogen) atoms. The highest BCUT2D eigenvalue weighted by Gasteiger charge is 2.39. The molecule has 1 N–H and O–H groups in total. The maximum Gasteiger partial charge on any atom is 0.305 e. The molecule has 0 spiro atoms. The molecule has 1 unspecified atom stereocenters. The van der Waals surface area contributed by atoms with Gasteiger partial charge < -0.3 is 14.9 Å². The SMILES string of the molecule is CN(CCC(=O)O)C(=O)C1CC(=O)N(C2CCCC2)C1. The zero-order valence-corrected chi connectivity index (χ0v) is 11.9. The van der Waals surface area contributed by atoms with Crippen LogP contribution in [0.5, 0.6) is 0 Å². The Morgan fingerprint density at radius 2 is 2.00 bits per heavy atom. The van der Waals surface area contributed by atoms with Crippen molar-refractivity contribution in [3.05, 3.63) is 0 Å². The summed E-state index contributed by atoms with van der Waals surface area (Å²) in [5, 5.41) is 8.64. The van der Waals surface area contributed by atoms with Crippen LogP contribution in [0.1, 0.15) is 38.5 Å². The Morgan fingerprint density at radius 3 is 2.60 bits per heavy atom. The Morgan fingerprint density at radius 1 is 1.35 bits per heavy atom. The highest BCUT2D eigenvalue weighted by Crippen LogP contribution is 2.30. The van der Waals surface area contributed by atoms with Crippen LogP contribution in [0.2, 0.25) is 0 Å². The van der Waals surface area contributed by atoms with Crippen molar-refractivity contribution in [2.75, 3.05) is 20.1 Å². The van der Waals surface area contributed by atoms with Crippen molar-refractivity contribution in [1.29, 1.82) is 0 Å². The summed E-state index contributed by atoms with van der Waals surface area (Å²) in [4.78, 5) is 38.1. The van der Waals surface area contributed by atoms with Crippen molar-refractivity contribution < 1.29 is 19.5 Å². The van der Waals surface area contributed by atoms with Crippen molar-refractivity contribution in [3.8, 4) is 0 Å². The van der Waals surface area contributed by atoms with Gasteiger partial charge in [-0.1, -0.05) is 12.8 Å². The van der Waals surface area contributed by atoms with Crippen LogP contribution in [-0.4, -0.2) is 58.9 Å². The van der Waals surface area contributed by atoms with Crippen LogP contribution in [0.25, 0.3) is 0 Å². The third-order valence-electron chi connectivity index (χ3n) is 4.31. The van der Waals surface area contributed by atoms with Crippen molar-refractivity contribution in [2.45, 2.75) is 44.6 Å². The van der Waals surface area contributed by atoms with Gasteiger partial charge in [0.25, 0.3) is 0 Å². The van der Waals surface area contributed by atoms with E-state index in [1.807, 2.05) is 4.90 Å². The molecule has 0 bridgehead atoms. The maximum atomic E-state index is 12.2. The molecule has 0 aromatic heterocycles. The lowest BCUT2D eigenvalue weighted by Gasteiger charge is -2.25. The summed E-state index contributed by atoms with van der Waals surface area (Å²) in [5.41, 5.74) is 0. The van der Waals surface area contributed by atoms with Crippen LogP contribution >= 0.6 is 0 Å². The fraction of sp³-hybridized carbons (Fsp3) is 0.786. The van der Waals surface area contributed by atoms with Gasteiger partial charge in [-0.3, -0.25) is 14.4 Å². The molecule has 1 aliphatic carbocycles. The highest BCUT2D eigenvalue weighted by molar-refractivity contribution is 5.89. The quantitative estimate of drug-likeness (QED) is 0.805. The molecule has 2 aliphatic rings. The number of aliphatic carboxylic acids is 1. The minimum absolute atomic E-state index is 0.0603. The summed E-state index contributed by atoms with van der Waals surface area (Å²) in [6.07, 6.45) is 4.61. The number of carboxylic acid groups (broad SMARTS) is 1. The number of hydrogen-bond acceptors (Lipinski definition) is 3. The van der Waals surface area contributed by atoms with Gasteiger partial charge in [0, 0.05) is 32.6 Å². The average molecular weight is 282 g/mol. The largest absolute Gasteiger partial charge is 0.481 e. The molecule has 1 heterocycles. The van der Waals surface area contributed by atoms with Crippen LogP contribution < -0.4 is 0 Å². The van der Waals surface area contributed by atoms with Gasteiger partial charge >= 0.3 is 5.97 Å². The summed E-state index contributed by atoms with van der Waals surface area (Å²) in [6.45, 7) is 0.696. The second kappa shape index (κ2) is 6.24. The Kier molecular flexibility index (Phi) is 4.62. The monoisotopic (exact) mass is 282 g/mol. The van der Waals surface area contributed by atoms with Crippen molar-refractivity contribution in [1.82, 2.24) is 9.80 Å². The number of carbonyl (C=O) groups excluding carboxylic acids is 2. The third-order valence-corrected chi connectivity index (χ3v) is 4.31. The Hall–Kier alpha value is -1.59. The molecule has 1 saturated heterocycles. The molecule has 2 rings (SSSR count). The van der Waals surface area contributed by atoms with Gasteiger partial charge in [-0.2, -0.15) is 0 Å². The number of likely N-dealkylation sites (tertiary alicyclic amines) is 1. The van der Waals surface area contributed by atoms with Crippen molar-refractivity contribution >= 4 is 17.8 Å². The van der Waals surface area contributed by atoms with Crippen LogP contribution in [0.4, 0.5) is 0 Å². The van der Waals surface area contributed by atoms with Crippen LogP contribution in [0, 0.1) is 5.92 Å². The lowest BCUT2D eigenvalue weighted by Crippen LogP contribution is -2.38. The standard InChI is InChI=1S/C14H22N2O4/c1-15(7-6-13(18)19)14(20)10-8-12(17)16(9-10)11-4-2-3-5-11/h10-11H,2-9H2,1H3,(H,18,19). The van der Waals surface area contributed by atoms with Gasteiger partial charge in [-0.05, 0) is 12.8 Å². The van der Waals surface area contributed by atoms with Crippen molar-refractivity contribution in [2.24, 2.45) is 5.92 Å². The minimum Gasteiger partial charge on any atom is -0.481 e. The zero-order valence-electron chi connectivity index (χ0n) is 11.9. The van der Waals surface area contributed by atoms with Gasteiger partial charge in [0.2, 0.25) is 11.8 Å². The van der Waals surface area contributed by atoms with Crippen LogP contribution in [-0.2, 0) is 14.4 Å². The molecule has 6 heteroatoms. The first-order chi connectivity index (χ1) is 9.49. The molecule has 112 valence electrons. The number of carboxylic acids is 1. The molecule has 0 radical (unpaired) electrons.